The first-order valence-corrected chi connectivity index (χ1v) is 11.6. The third kappa shape index (κ3) is 6.89. The molecule has 0 saturated heterocycles. The highest BCUT2D eigenvalue weighted by Gasteiger charge is 2.30. The molecule has 8 nitrogen and oxygen atoms in total. The van der Waals surface area contributed by atoms with Crippen LogP contribution in [0.2, 0.25) is 5.02 Å². The van der Waals surface area contributed by atoms with Gasteiger partial charge in [-0.05, 0) is 42.5 Å². The van der Waals surface area contributed by atoms with E-state index in [1.165, 1.54) is 25.4 Å². The number of hydrogen-bond acceptors (Lipinski definition) is 6. The van der Waals surface area contributed by atoms with Crippen molar-refractivity contribution in [2.75, 3.05) is 25.1 Å². The van der Waals surface area contributed by atoms with Crippen molar-refractivity contribution in [2.24, 2.45) is 0 Å². The van der Waals surface area contributed by atoms with E-state index in [9.17, 15) is 18.0 Å². The summed E-state index contributed by atoms with van der Waals surface area (Å²) in [5.74, 6) is 0.658. The summed E-state index contributed by atoms with van der Waals surface area (Å²) in [5.41, 5.74) is 1.27. The fourth-order valence-corrected chi connectivity index (χ4v) is 3.75. The van der Waals surface area contributed by atoms with Crippen molar-refractivity contribution in [3.63, 3.8) is 0 Å². The van der Waals surface area contributed by atoms with Gasteiger partial charge in [0.05, 0.1) is 29.3 Å². The van der Waals surface area contributed by atoms with Gasteiger partial charge in [0.2, 0.25) is 5.91 Å². The standard InChI is InChI=1S/C25H23ClF3N5O3/c1-16(35)30-8-11-36-12-10-34-9-7-21-23(34)24(32-15-31-21)33-18-5-6-22(20(26)14-18)37-19-4-2-3-17(13-19)25(27,28)29/h2-7,9,13-15H,8,10-12H2,1H3,(H,30,35)(H,31,32,33). The van der Waals surface area contributed by atoms with Crippen molar-refractivity contribution in [3.8, 4) is 11.5 Å². The fourth-order valence-electron chi connectivity index (χ4n) is 3.54. The molecule has 0 saturated carbocycles. The van der Waals surface area contributed by atoms with Crippen LogP contribution in [0.4, 0.5) is 24.7 Å². The van der Waals surface area contributed by atoms with Gasteiger partial charge in [-0.1, -0.05) is 17.7 Å². The number of amides is 1. The van der Waals surface area contributed by atoms with Crippen LogP contribution in [0.15, 0.2) is 61.1 Å². The molecule has 0 bridgehead atoms. The van der Waals surface area contributed by atoms with Crippen LogP contribution in [0.5, 0.6) is 11.5 Å². The smallest absolute Gasteiger partial charge is 0.416 e. The number of halogens is 4. The van der Waals surface area contributed by atoms with Crippen molar-refractivity contribution in [1.29, 1.82) is 0 Å². The molecule has 1 amide bonds. The van der Waals surface area contributed by atoms with E-state index < -0.39 is 11.7 Å². The van der Waals surface area contributed by atoms with Gasteiger partial charge in [-0.3, -0.25) is 4.79 Å². The summed E-state index contributed by atoms with van der Waals surface area (Å²) >= 11 is 6.37. The zero-order valence-electron chi connectivity index (χ0n) is 19.7. The molecule has 0 aliphatic rings. The summed E-state index contributed by atoms with van der Waals surface area (Å²) in [5, 5.41) is 6.08. The van der Waals surface area contributed by atoms with Crippen LogP contribution in [0.1, 0.15) is 12.5 Å². The molecule has 0 atom stereocenters. The Labute approximate surface area is 215 Å². The molecular formula is C25H23ClF3N5O3. The number of fused-ring (bicyclic) bond motifs is 1. The molecule has 37 heavy (non-hydrogen) atoms. The zero-order valence-corrected chi connectivity index (χ0v) is 20.4. The summed E-state index contributed by atoms with van der Waals surface area (Å²) in [6.07, 6.45) is -1.16. The molecule has 4 rings (SSSR count). The summed E-state index contributed by atoms with van der Waals surface area (Å²) in [7, 11) is 0. The molecule has 2 N–H and O–H groups in total. The zero-order chi connectivity index (χ0) is 26.4. The lowest BCUT2D eigenvalue weighted by atomic mass is 10.2. The Morgan fingerprint density at radius 3 is 2.70 bits per heavy atom. The van der Waals surface area contributed by atoms with E-state index in [1.807, 2.05) is 16.8 Å². The summed E-state index contributed by atoms with van der Waals surface area (Å²) < 4.78 is 52.1. The minimum atomic E-state index is -4.48. The van der Waals surface area contributed by atoms with Gasteiger partial charge in [0, 0.05) is 31.9 Å². The Morgan fingerprint density at radius 1 is 1.11 bits per heavy atom. The first-order valence-electron chi connectivity index (χ1n) is 11.2. The van der Waals surface area contributed by atoms with Gasteiger partial charge in [-0.2, -0.15) is 13.2 Å². The number of carbonyl (C=O) groups excluding carboxylic acids is 1. The van der Waals surface area contributed by atoms with Crippen LogP contribution in [0.25, 0.3) is 11.0 Å². The predicted octanol–water partition coefficient (Wildman–Crippen LogP) is 5.79. The molecule has 12 heteroatoms. The summed E-state index contributed by atoms with van der Waals surface area (Å²) in [6.45, 7) is 3.24. The second kappa shape index (κ2) is 11.5. The third-order valence-electron chi connectivity index (χ3n) is 5.23. The second-order valence-electron chi connectivity index (χ2n) is 7.96. The number of rotatable bonds is 10. The Balaban J connectivity index is 1.45. The number of hydrogen-bond donors (Lipinski definition) is 2. The Morgan fingerprint density at radius 2 is 1.95 bits per heavy atom. The van der Waals surface area contributed by atoms with Crippen molar-refractivity contribution in [1.82, 2.24) is 19.9 Å². The molecule has 194 valence electrons. The minimum absolute atomic E-state index is 0.0204. The first-order chi connectivity index (χ1) is 17.7. The molecule has 2 heterocycles. The van der Waals surface area contributed by atoms with Crippen LogP contribution in [0.3, 0.4) is 0 Å². The maximum atomic E-state index is 13.0. The lowest BCUT2D eigenvalue weighted by molar-refractivity contribution is -0.137. The maximum absolute atomic E-state index is 13.0. The van der Waals surface area contributed by atoms with E-state index in [4.69, 9.17) is 21.1 Å². The van der Waals surface area contributed by atoms with Gasteiger partial charge in [-0.15, -0.1) is 0 Å². The average molecular weight is 534 g/mol. The molecule has 2 aromatic heterocycles. The van der Waals surface area contributed by atoms with Crippen LogP contribution in [0, 0.1) is 0 Å². The summed E-state index contributed by atoms with van der Waals surface area (Å²) in [6, 6.07) is 11.3. The number of benzene rings is 2. The van der Waals surface area contributed by atoms with Gasteiger partial charge in [0.1, 0.15) is 23.3 Å². The van der Waals surface area contributed by atoms with E-state index in [2.05, 4.69) is 20.6 Å². The van der Waals surface area contributed by atoms with Crippen LogP contribution in [-0.2, 0) is 22.3 Å². The van der Waals surface area contributed by atoms with Crippen molar-refractivity contribution < 1.29 is 27.4 Å². The lowest BCUT2D eigenvalue weighted by Crippen LogP contribution is -2.24. The van der Waals surface area contributed by atoms with Crippen molar-refractivity contribution in [2.45, 2.75) is 19.6 Å². The van der Waals surface area contributed by atoms with Gasteiger partial charge in [0.15, 0.2) is 5.82 Å². The van der Waals surface area contributed by atoms with Gasteiger partial charge >= 0.3 is 6.18 Å². The number of nitrogens with zero attached hydrogens (tertiary/aromatic N) is 3. The lowest BCUT2D eigenvalue weighted by Gasteiger charge is -2.13. The molecule has 0 unspecified atom stereocenters. The quantitative estimate of drug-likeness (QED) is 0.251. The number of alkyl halides is 3. The van der Waals surface area contributed by atoms with Gasteiger partial charge in [0.25, 0.3) is 0 Å². The molecular weight excluding hydrogens is 511 g/mol. The number of ether oxygens (including phenoxy) is 2. The van der Waals surface area contributed by atoms with E-state index in [0.717, 1.165) is 23.2 Å². The third-order valence-corrected chi connectivity index (χ3v) is 5.53. The molecule has 2 aromatic carbocycles. The highest BCUT2D eigenvalue weighted by atomic mass is 35.5. The largest absolute Gasteiger partial charge is 0.456 e. The van der Waals surface area contributed by atoms with E-state index in [1.54, 1.807) is 18.2 Å². The highest BCUT2D eigenvalue weighted by molar-refractivity contribution is 6.32. The average Bonchev–Trinajstić information content (AvgIpc) is 3.26. The van der Waals surface area contributed by atoms with E-state index in [-0.39, 0.29) is 22.4 Å². The Hall–Kier alpha value is -3.83. The summed E-state index contributed by atoms with van der Waals surface area (Å²) in [4.78, 5) is 19.6. The molecule has 0 radical (unpaired) electrons. The molecule has 0 aliphatic heterocycles. The number of anilines is 2. The van der Waals surface area contributed by atoms with Gasteiger partial charge in [-0.25, -0.2) is 9.97 Å². The van der Waals surface area contributed by atoms with Crippen LogP contribution < -0.4 is 15.4 Å². The second-order valence-corrected chi connectivity index (χ2v) is 8.37. The molecule has 0 aliphatic carbocycles. The van der Waals surface area contributed by atoms with E-state index >= 15 is 0 Å². The Bertz CT molecular complexity index is 1390. The molecule has 0 fully saturated rings. The maximum Gasteiger partial charge on any atom is 0.416 e. The predicted molar refractivity (Wildman–Crippen MR) is 133 cm³/mol. The van der Waals surface area contributed by atoms with E-state index in [0.29, 0.717) is 37.8 Å². The number of aromatic nitrogens is 3. The SMILES string of the molecule is CC(=O)NCCOCCn1ccc2ncnc(Nc3ccc(Oc4cccc(C(F)(F)F)c4)c(Cl)c3)c21. The van der Waals surface area contributed by atoms with Crippen LogP contribution >= 0.6 is 11.6 Å². The molecule has 0 spiro atoms. The number of nitrogens with one attached hydrogen (secondary N) is 2. The van der Waals surface area contributed by atoms with Crippen LogP contribution in [-0.4, -0.2) is 40.2 Å². The van der Waals surface area contributed by atoms with Crippen molar-refractivity contribution in [3.05, 3.63) is 71.6 Å². The van der Waals surface area contributed by atoms with Crippen molar-refractivity contribution >= 4 is 40.0 Å². The first kappa shape index (κ1) is 26.2. The van der Waals surface area contributed by atoms with Gasteiger partial charge < -0.3 is 24.7 Å². The Kier molecular flexibility index (Phi) is 8.14. The fraction of sp³-hybridized carbons (Fsp3) is 0.240. The monoisotopic (exact) mass is 533 g/mol. The topological polar surface area (TPSA) is 90.3 Å². The normalized spacial score (nSPS) is 11.5. The highest BCUT2D eigenvalue weighted by Crippen LogP contribution is 2.36. The minimum Gasteiger partial charge on any atom is -0.456 e. The molecule has 4 aromatic rings. The number of carbonyl (C=O) groups is 1.